The van der Waals surface area contributed by atoms with Crippen molar-refractivity contribution in [3.8, 4) is 6.07 Å². The molecule has 34 heavy (non-hydrogen) atoms. The molecule has 1 amide bonds. The topological polar surface area (TPSA) is 86.3 Å². The van der Waals surface area contributed by atoms with Crippen LogP contribution in [0.3, 0.4) is 0 Å². The second kappa shape index (κ2) is 8.72. The van der Waals surface area contributed by atoms with E-state index in [2.05, 4.69) is 12.1 Å². The summed E-state index contributed by atoms with van der Waals surface area (Å²) >= 11 is 0. The number of carboxylic acids is 1. The lowest BCUT2D eigenvalue weighted by Crippen LogP contribution is -2.31. The van der Waals surface area contributed by atoms with Gasteiger partial charge in [0.2, 0.25) is 0 Å². The van der Waals surface area contributed by atoms with E-state index in [9.17, 15) is 20.0 Å². The summed E-state index contributed by atoms with van der Waals surface area (Å²) in [7, 11) is 0. The number of hydrogen-bond donors (Lipinski definition) is 1. The van der Waals surface area contributed by atoms with Gasteiger partial charge in [-0.15, -0.1) is 0 Å². The average Bonchev–Trinajstić information content (AvgIpc) is 3.08. The van der Waals surface area contributed by atoms with Gasteiger partial charge in [0.25, 0.3) is 5.91 Å². The van der Waals surface area contributed by atoms with E-state index in [1.54, 1.807) is 21.7 Å². The van der Waals surface area contributed by atoms with Crippen LogP contribution < -0.4 is 4.90 Å². The minimum atomic E-state index is -0.965. The molecule has 0 atom stereocenters. The van der Waals surface area contributed by atoms with Crippen LogP contribution in [0.25, 0.3) is 17.0 Å². The van der Waals surface area contributed by atoms with E-state index >= 15 is 0 Å². The first-order valence-corrected chi connectivity index (χ1v) is 10.9. The van der Waals surface area contributed by atoms with Gasteiger partial charge in [0, 0.05) is 28.4 Å². The summed E-state index contributed by atoms with van der Waals surface area (Å²) in [5.74, 6) is -1.35. The van der Waals surface area contributed by atoms with Crippen molar-refractivity contribution in [1.82, 2.24) is 4.57 Å². The zero-order valence-electron chi connectivity index (χ0n) is 18.3. The van der Waals surface area contributed by atoms with Crippen LogP contribution >= 0.6 is 0 Å². The van der Waals surface area contributed by atoms with Crippen molar-refractivity contribution >= 4 is 34.5 Å². The summed E-state index contributed by atoms with van der Waals surface area (Å²) in [6.07, 6.45) is 3.95. The number of carbonyl (C=O) groups is 2. The average molecular weight is 447 g/mol. The van der Waals surface area contributed by atoms with Gasteiger partial charge in [-0.1, -0.05) is 60.7 Å². The molecule has 0 radical (unpaired) electrons. The number of hydrogen-bond acceptors (Lipinski definition) is 3. The Hall–Kier alpha value is -4.63. The maximum absolute atomic E-state index is 13.7. The van der Waals surface area contributed by atoms with Gasteiger partial charge in [-0.05, 0) is 41.3 Å². The third kappa shape index (κ3) is 3.84. The highest BCUT2D eigenvalue weighted by Gasteiger charge is 2.26. The number of aliphatic carboxylic acids is 1. The maximum Gasteiger partial charge on any atom is 0.323 e. The molecular weight excluding hydrogens is 426 g/mol. The molecule has 166 valence electrons. The monoisotopic (exact) mass is 447 g/mol. The molecule has 6 nitrogen and oxygen atoms in total. The van der Waals surface area contributed by atoms with Gasteiger partial charge >= 0.3 is 5.97 Å². The number of fused-ring (bicyclic) bond motifs is 3. The van der Waals surface area contributed by atoms with E-state index in [1.165, 1.54) is 0 Å². The smallest absolute Gasteiger partial charge is 0.323 e. The fourth-order valence-corrected chi connectivity index (χ4v) is 4.56. The first-order valence-electron chi connectivity index (χ1n) is 10.9. The highest BCUT2D eigenvalue weighted by molar-refractivity contribution is 6.12. The van der Waals surface area contributed by atoms with Crippen LogP contribution in [0, 0.1) is 11.3 Å². The third-order valence-electron chi connectivity index (χ3n) is 6.13. The number of carboxylic acid groups (broad SMARTS) is 1. The lowest BCUT2D eigenvalue weighted by atomic mass is 10.0. The van der Waals surface area contributed by atoms with Crippen LogP contribution in [-0.4, -0.2) is 21.6 Å². The highest BCUT2D eigenvalue weighted by atomic mass is 16.4. The Balaban J connectivity index is 1.59. The standard InChI is InChI=1S/C28H21N3O3/c29-15-22(14-23-16-30(18-27(32)33)26-12-6-4-10-24(23)26)28(34)31-17-21-9-2-1-7-19(21)13-20-8-3-5-11-25(20)31/h1-12,14,16H,13,17-18H2,(H,32,33)/b22-14+. The van der Waals surface area contributed by atoms with E-state index < -0.39 is 5.97 Å². The molecule has 1 aromatic heterocycles. The minimum absolute atomic E-state index is 0.00703. The van der Waals surface area contributed by atoms with Crippen molar-refractivity contribution in [2.45, 2.75) is 19.5 Å². The Morgan fingerprint density at radius 2 is 1.62 bits per heavy atom. The first kappa shape index (κ1) is 21.2. The van der Waals surface area contributed by atoms with Crippen LogP contribution in [0.4, 0.5) is 5.69 Å². The number of anilines is 1. The van der Waals surface area contributed by atoms with Crippen molar-refractivity contribution < 1.29 is 14.7 Å². The number of aromatic nitrogens is 1. The molecule has 1 aliphatic heterocycles. The minimum Gasteiger partial charge on any atom is -0.480 e. The number of benzene rings is 3. The van der Waals surface area contributed by atoms with Gasteiger partial charge in [0.1, 0.15) is 18.2 Å². The van der Waals surface area contributed by atoms with Gasteiger partial charge in [-0.2, -0.15) is 5.26 Å². The van der Waals surface area contributed by atoms with Gasteiger partial charge in [0.05, 0.1) is 6.54 Å². The molecule has 5 rings (SSSR count). The zero-order chi connectivity index (χ0) is 23.7. The molecule has 2 heterocycles. The summed E-state index contributed by atoms with van der Waals surface area (Å²) in [5, 5.41) is 20.0. The van der Waals surface area contributed by atoms with Crippen LogP contribution in [0.5, 0.6) is 0 Å². The number of amides is 1. The summed E-state index contributed by atoms with van der Waals surface area (Å²) in [6.45, 7) is 0.159. The van der Waals surface area contributed by atoms with Crippen LogP contribution in [-0.2, 0) is 29.1 Å². The van der Waals surface area contributed by atoms with E-state index in [0.717, 1.165) is 33.3 Å². The SMILES string of the molecule is N#C/C(=C\c1cn(CC(=O)O)c2ccccc12)C(=O)N1Cc2ccccc2Cc2ccccc21. The predicted molar refractivity (Wildman–Crippen MR) is 130 cm³/mol. The maximum atomic E-state index is 13.7. The van der Waals surface area contributed by atoms with Gasteiger partial charge < -0.3 is 14.6 Å². The molecule has 0 bridgehead atoms. The second-order valence-corrected chi connectivity index (χ2v) is 8.26. The molecule has 1 N–H and O–H groups in total. The lowest BCUT2D eigenvalue weighted by Gasteiger charge is -2.23. The van der Waals surface area contributed by atoms with E-state index in [4.69, 9.17) is 0 Å². The largest absolute Gasteiger partial charge is 0.480 e. The molecule has 0 unspecified atom stereocenters. The summed E-state index contributed by atoms with van der Waals surface area (Å²) < 4.78 is 1.61. The van der Waals surface area contributed by atoms with Crippen LogP contribution in [0.1, 0.15) is 22.3 Å². The Morgan fingerprint density at radius 3 is 2.38 bits per heavy atom. The van der Waals surface area contributed by atoms with Crippen molar-refractivity contribution in [3.63, 3.8) is 0 Å². The number of rotatable bonds is 4. The molecule has 0 spiro atoms. The lowest BCUT2D eigenvalue weighted by molar-refractivity contribution is -0.137. The summed E-state index contributed by atoms with van der Waals surface area (Å²) in [6, 6.07) is 25.2. The Morgan fingerprint density at radius 1 is 0.941 bits per heavy atom. The molecule has 1 aliphatic rings. The van der Waals surface area contributed by atoms with E-state index in [0.29, 0.717) is 18.5 Å². The quantitative estimate of drug-likeness (QED) is 0.361. The molecule has 0 fully saturated rings. The molecule has 0 saturated heterocycles. The Kier molecular flexibility index (Phi) is 5.44. The third-order valence-corrected chi connectivity index (χ3v) is 6.13. The molecule has 0 saturated carbocycles. The fraction of sp³-hybridized carbons (Fsp3) is 0.107. The molecule has 6 heteroatoms. The van der Waals surface area contributed by atoms with Gasteiger partial charge in [-0.25, -0.2) is 0 Å². The second-order valence-electron chi connectivity index (χ2n) is 8.26. The number of para-hydroxylation sites is 2. The van der Waals surface area contributed by atoms with Crippen LogP contribution in [0.15, 0.2) is 84.6 Å². The Bertz CT molecular complexity index is 1510. The number of nitrogens with zero attached hydrogens (tertiary/aromatic N) is 3. The molecule has 3 aromatic carbocycles. The van der Waals surface area contributed by atoms with Crippen molar-refractivity contribution in [2.24, 2.45) is 0 Å². The van der Waals surface area contributed by atoms with Crippen LogP contribution in [0.2, 0.25) is 0 Å². The number of carbonyl (C=O) groups excluding carboxylic acids is 1. The van der Waals surface area contributed by atoms with E-state index in [-0.39, 0.29) is 18.0 Å². The summed E-state index contributed by atoms with van der Waals surface area (Å²) in [5.41, 5.74) is 5.37. The van der Waals surface area contributed by atoms with Gasteiger partial charge in [-0.3, -0.25) is 9.59 Å². The highest BCUT2D eigenvalue weighted by Crippen LogP contribution is 2.32. The summed E-state index contributed by atoms with van der Waals surface area (Å²) in [4.78, 5) is 26.7. The normalized spacial score (nSPS) is 13.0. The van der Waals surface area contributed by atoms with Gasteiger partial charge in [0.15, 0.2) is 0 Å². The predicted octanol–water partition coefficient (Wildman–Crippen LogP) is 4.77. The van der Waals surface area contributed by atoms with Crippen molar-refractivity contribution in [2.75, 3.05) is 4.90 Å². The number of nitriles is 1. The molecule has 0 aliphatic carbocycles. The first-order chi connectivity index (χ1) is 16.5. The zero-order valence-corrected chi connectivity index (χ0v) is 18.3. The fourth-order valence-electron chi connectivity index (χ4n) is 4.56. The molecule has 4 aromatic rings. The van der Waals surface area contributed by atoms with E-state index in [1.807, 2.05) is 66.7 Å². The Labute approximate surface area is 196 Å². The van der Waals surface area contributed by atoms with Crippen molar-refractivity contribution in [1.29, 1.82) is 5.26 Å². The van der Waals surface area contributed by atoms with Crippen molar-refractivity contribution in [3.05, 3.63) is 107 Å². The molecular formula is C28H21N3O3.